The number of halogens is 1. The molecule has 2 aromatic heterocycles. The lowest BCUT2D eigenvalue weighted by molar-refractivity contribution is 0.0411. The van der Waals surface area contributed by atoms with Crippen LogP contribution in [-0.2, 0) is 6.54 Å². The minimum absolute atomic E-state index is 0.233. The topological polar surface area (TPSA) is 112 Å². The first-order valence-electron chi connectivity index (χ1n) is 9.03. The van der Waals surface area contributed by atoms with Gasteiger partial charge in [-0.3, -0.25) is 9.20 Å². The van der Waals surface area contributed by atoms with Crippen LogP contribution in [0.4, 0.5) is 5.82 Å². The second-order valence-corrected chi connectivity index (χ2v) is 8.29. The summed E-state index contributed by atoms with van der Waals surface area (Å²) in [6.45, 7) is 0.447. The molecule has 3 aromatic rings. The summed E-state index contributed by atoms with van der Waals surface area (Å²) in [4.78, 5) is 20.6. The summed E-state index contributed by atoms with van der Waals surface area (Å²) in [6.07, 6.45) is 3.58. The minimum Gasteiger partial charge on any atom is -0.390 e. The van der Waals surface area contributed by atoms with Gasteiger partial charge in [0, 0.05) is 31.7 Å². The average molecular weight is 434 g/mol. The number of carbonyl (C=O) groups is 1. The van der Waals surface area contributed by atoms with Gasteiger partial charge in [-0.1, -0.05) is 17.7 Å². The van der Waals surface area contributed by atoms with Gasteiger partial charge < -0.3 is 20.8 Å². The van der Waals surface area contributed by atoms with Crippen LogP contribution in [0.1, 0.15) is 26.9 Å². The zero-order valence-corrected chi connectivity index (χ0v) is 17.1. The molecule has 8 nitrogen and oxygen atoms in total. The number of anilines is 1. The standard InChI is InChI=1S/C19H20ClN5O3S/c1-21-19(28)11-3-2-10(6-12(11)20)7-23-17-18-24-8-13(25(18)5-4-22-17)16-15(27)14(26)9-29-16/h2-6,8,14-16,26-27H,7,9H2,1H3,(H,21,28)(H,22,23)/t14-,15-,16+/m1/s1. The van der Waals surface area contributed by atoms with Gasteiger partial charge in [0.05, 0.1) is 39.9 Å². The third-order valence-corrected chi connectivity index (χ3v) is 6.59. The fourth-order valence-electron chi connectivity index (χ4n) is 3.31. The molecule has 0 bridgehead atoms. The normalized spacial score (nSPS) is 21.4. The first-order chi connectivity index (χ1) is 14.0. The fraction of sp³-hybridized carbons (Fsp3) is 0.316. The van der Waals surface area contributed by atoms with Crippen LogP contribution >= 0.6 is 23.4 Å². The highest BCUT2D eigenvalue weighted by Crippen LogP contribution is 2.40. The molecule has 1 aliphatic rings. The van der Waals surface area contributed by atoms with Crippen molar-refractivity contribution in [3.05, 3.63) is 58.6 Å². The van der Waals surface area contributed by atoms with Crippen LogP contribution in [0.5, 0.6) is 0 Å². The molecule has 29 heavy (non-hydrogen) atoms. The van der Waals surface area contributed by atoms with Gasteiger partial charge in [0.25, 0.3) is 5.91 Å². The highest BCUT2D eigenvalue weighted by atomic mass is 35.5. The number of aliphatic hydroxyl groups excluding tert-OH is 2. The molecule has 3 atom stereocenters. The Kier molecular flexibility index (Phi) is 5.64. The molecule has 1 aliphatic heterocycles. The monoisotopic (exact) mass is 433 g/mol. The van der Waals surface area contributed by atoms with E-state index in [1.807, 2.05) is 10.5 Å². The zero-order chi connectivity index (χ0) is 20.5. The number of carbonyl (C=O) groups excluding carboxylic acids is 1. The molecule has 1 amide bonds. The second kappa shape index (κ2) is 8.19. The lowest BCUT2D eigenvalue weighted by Crippen LogP contribution is -2.25. The summed E-state index contributed by atoms with van der Waals surface area (Å²) in [5.74, 6) is 0.841. The lowest BCUT2D eigenvalue weighted by Gasteiger charge is -2.15. The number of aromatic nitrogens is 3. The summed E-state index contributed by atoms with van der Waals surface area (Å²) >= 11 is 7.72. The lowest BCUT2D eigenvalue weighted by atomic mass is 10.1. The predicted molar refractivity (Wildman–Crippen MR) is 112 cm³/mol. The van der Waals surface area contributed by atoms with Gasteiger partial charge in [-0.05, 0) is 17.7 Å². The zero-order valence-electron chi connectivity index (χ0n) is 15.5. The number of hydrogen-bond donors (Lipinski definition) is 4. The van der Waals surface area contributed by atoms with Gasteiger partial charge in [-0.15, -0.1) is 11.8 Å². The number of nitrogens with one attached hydrogen (secondary N) is 2. The van der Waals surface area contributed by atoms with E-state index in [-0.39, 0.29) is 11.2 Å². The molecule has 1 saturated heterocycles. The van der Waals surface area contributed by atoms with Crippen molar-refractivity contribution < 1.29 is 15.0 Å². The first kappa shape index (κ1) is 20.0. The van der Waals surface area contributed by atoms with Crippen LogP contribution in [0.3, 0.4) is 0 Å². The SMILES string of the molecule is CNC(=O)c1ccc(CNc2nccn3c([C@@H]4SC[C@@H](O)[C@H]4O)cnc23)cc1Cl. The van der Waals surface area contributed by atoms with Crippen LogP contribution in [0.2, 0.25) is 5.02 Å². The predicted octanol–water partition coefficient (Wildman–Crippen LogP) is 1.86. The highest BCUT2D eigenvalue weighted by molar-refractivity contribution is 7.99. The van der Waals surface area contributed by atoms with Crippen molar-refractivity contribution in [2.24, 2.45) is 0 Å². The average Bonchev–Trinajstić information content (AvgIpc) is 3.29. The van der Waals surface area contributed by atoms with Gasteiger partial charge in [-0.25, -0.2) is 9.97 Å². The number of amides is 1. The van der Waals surface area contributed by atoms with Crippen molar-refractivity contribution in [1.82, 2.24) is 19.7 Å². The highest BCUT2D eigenvalue weighted by Gasteiger charge is 2.37. The molecular weight excluding hydrogens is 414 g/mol. The first-order valence-corrected chi connectivity index (χ1v) is 10.5. The maximum absolute atomic E-state index is 11.8. The molecule has 0 aliphatic carbocycles. The molecule has 4 N–H and O–H groups in total. The maximum Gasteiger partial charge on any atom is 0.252 e. The van der Waals surface area contributed by atoms with Gasteiger partial charge in [-0.2, -0.15) is 0 Å². The summed E-state index contributed by atoms with van der Waals surface area (Å²) in [5.41, 5.74) is 2.76. The minimum atomic E-state index is -0.828. The number of imidazole rings is 1. The van der Waals surface area contributed by atoms with E-state index in [1.54, 1.807) is 37.8 Å². The number of aliphatic hydroxyl groups is 2. The Bertz CT molecular complexity index is 1060. The molecule has 1 aromatic carbocycles. The molecule has 0 unspecified atom stereocenters. The number of fused-ring (bicyclic) bond motifs is 1. The molecule has 1 fully saturated rings. The smallest absolute Gasteiger partial charge is 0.252 e. The van der Waals surface area contributed by atoms with Crippen LogP contribution in [0, 0.1) is 0 Å². The van der Waals surface area contributed by atoms with E-state index in [0.29, 0.717) is 34.3 Å². The summed E-state index contributed by atoms with van der Waals surface area (Å²) in [5, 5.41) is 26.0. The van der Waals surface area contributed by atoms with E-state index in [4.69, 9.17) is 11.6 Å². The Balaban J connectivity index is 1.55. The third kappa shape index (κ3) is 3.78. The molecule has 152 valence electrons. The maximum atomic E-state index is 11.8. The number of hydrogen-bond acceptors (Lipinski definition) is 7. The summed E-state index contributed by atoms with van der Waals surface area (Å²) < 4.78 is 1.87. The van der Waals surface area contributed by atoms with Crippen LogP contribution in [0.15, 0.2) is 36.8 Å². The van der Waals surface area contributed by atoms with Gasteiger partial charge in [0.1, 0.15) is 0 Å². The van der Waals surface area contributed by atoms with E-state index < -0.39 is 12.2 Å². The van der Waals surface area contributed by atoms with Gasteiger partial charge >= 0.3 is 0 Å². The van der Waals surface area contributed by atoms with E-state index in [2.05, 4.69) is 20.6 Å². The number of thioether (sulfide) groups is 1. The van der Waals surface area contributed by atoms with Crippen molar-refractivity contribution in [2.45, 2.75) is 24.0 Å². The molecule has 0 spiro atoms. The molecule has 3 heterocycles. The summed E-state index contributed by atoms with van der Waals surface area (Å²) in [6, 6.07) is 5.25. The number of rotatable bonds is 5. The van der Waals surface area contributed by atoms with Crippen molar-refractivity contribution in [1.29, 1.82) is 0 Å². The van der Waals surface area contributed by atoms with Crippen molar-refractivity contribution in [3.8, 4) is 0 Å². The Labute approximate surface area is 176 Å². The third-order valence-electron chi connectivity index (χ3n) is 4.86. The Morgan fingerprint density at radius 2 is 2.21 bits per heavy atom. The summed E-state index contributed by atoms with van der Waals surface area (Å²) in [7, 11) is 1.56. The van der Waals surface area contributed by atoms with E-state index >= 15 is 0 Å². The van der Waals surface area contributed by atoms with Crippen LogP contribution < -0.4 is 10.6 Å². The number of nitrogens with zero attached hydrogens (tertiary/aromatic N) is 3. The van der Waals surface area contributed by atoms with E-state index in [1.165, 1.54) is 11.8 Å². The van der Waals surface area contributed by atoms with Gasteiger partial charge in [0.2, 0.25) is 0 Å². The van der Waals surface area contributed by atoms with Gasteiger partial charge in [0.15, 0.2) is 11.5 Å². The molecular formula is C19H20ClN5O3S. The fourth-order valence-corrected chi connectivity index (χ4v) is 4.92. The Hall–Kier alpha value is -2.33. The van der Waals surface area contributed by atoms with E-state index in [0.717, 1.165) is 11.3 Å². The molecule has 0 saturated carbocycles. The molecule has 10 heteroatoms. The van der Waals surface area contributed by atoms with E-state index in [9.17, 15) is 15.0 Å². The van der Waals surface area contributed by atoms with Crippen LogP contribution in [-0.4, -0.2) is 55.5 Å². The van der Waals surface area contributed by atoms with Crippen molar-refractivity contribution >= 4 is 40.7 Å². The quantitative estimate of drug-likeness (QED) is 0.486. The number of benzene rings is 1. The Morgan fingerprint density at radius 1 is 1.38 bits per heavy atom. The largest absolute Gasteiger partial charge is 0.390 e. The van der Waals surface area contributed by atoms with Crippen LogP contribution in [0.25, 0.3) is 5.65 Å². The van der Waals surface area contributed by atoms with Crippen molar-refractivity contribution in [3.63, 3.8) is 0 Å². The Morgan fingerprint density at radius 3 is 2.90 bits per heavy atom. The van der Waals surface area contributed by atoms with Crippen molar-refractivity contribution in [2.75, 3.05) is 18.1 Å². The molecule has 0 radical (unpaired) electrons. The molecule has 4 rings (SSSR count). The second-order valence-electron chi connectivity index (χ2n) is 6.71.